The molecule has 1 fully saturated rings. The van der Waals surface area contributed by atoms with Gasteiger partial charge in [-0.25, -0.2) is 9.78 Å². The van der Waals surface area contributed by atoms with E-state index in [1.54, 1.807) is 0 Å². The molecule has 3 amide bonds. The largest absolute Gasteiger partial charge is 0.481 e. The third-order valence-electron chi connectivity index (χ3n) is 5.16. The van der Waals surface area contributed by atoms with E-state index in [1.165, 1.54) is 12.5 Å². The molecule has 0 bridgehead atoms. The van der Waals surface area contributed by atoms with Gasteiger partial charge in [-0.2, -0.15) is 0 Å². The molecule has 8 N–H and O–H groups in total. The van der Waals surface area contributed by atoms with E-state index in [9.17, 15) is 33.9 Å². The fourth-order valence-electron chi connectivity index (χ4n) is 3.53. The number of aromatic amines is 1. The van der Waals surface area contributed by atoms with Gasteiger partial charge in [0.1, 0.15) is 18.1 Å². The lowest BCUT2D eigenvalue weighted by Crippen LogP contribution is -2.57. The number of imidazole rings is 1. The molecular formula is C19H26N6O9. The number of hydrogen-bond acceptors (Lipinski definition) is 8. The van der Waals surface area contributed by atoms with Crippen LogP contribution in [0.15, 0.2) is 12.5 Å². The number of carbonyl (C=O) groups excluding carboxylic acids is 3. The van der Waals surface area contributed by atoms with Crippen LogP contribution in [-0.4, -0.2) is 96.5 Å². The van der Waals surface area contributed by atoms with Crippen molar-refractivity contribution >= 4 is 35.6 Å². The average molecular weight is 482 g/mol. The molecule has 0 radical (unpaired) electrons. The Bertz CT molecular complexity index is 935. The van der Waals surface area contributed by atoms with Crippen molar-refractivity contribution < 1.29 is 44.1 Å². The van der Waals surface area contributed by atoms with Gasteiger partial charge in [0.05, 0.1) is 25.2 Å². The number of likely N-dealkylation sites (tertiary alicyclic amines) is 1. The van der Waals surface area contributed by atoms with Crippen LogP contribution in [0.4, 0.5) is 0 Å². The molecule has 4 atom stereocenters. The first-order chi connectivity index (χ1) is 16.0. The first-order valence-electron chi connectivity index (χ1n) is 10.3. The third kappa shape index (κ3) is 7.26. The Morgan fingerprint density at radius 1 is 1.09 bits per heavy atom. The third-order valence-corrected chi connectivity index (χ3v) is 5.16. The van der Waals surface area contributed by atoms with Crippen LogP contribution < -0.4 is 16.4 Å². The zero-order chi connectivity index (χ0) is 25.4. The van der Waals surface area contributed by atoms with Crippen LogP contribution >= 0.6 is 0 Å². The van der Waals surface area contributed by atoms with Crippen molar-refractivity contribution in [3.05, 3.63) is 18.2 Å². The zero-order valence-corrected chi connectivity index (χ0v) is 18.0. The number of carboxylic acids is 3. The zero-order valence-electron chi connectivity index (χ0n) is 18.0. The van der Waals surface area contributed by atoms with E-state index in [-0.39, 0.29) is 19.4 Å². The van der Waals surface area contributed by atoms with E-state index in [1.807, 2.05) is 0 Å². The highest BCUT2D eigenvalue weighted by atomic mass is 16.4. The fourth-order valence-corrected chi connectivity index (χ4v) is 3.53. The van der Waals surface area contributed by atoms with Gasteiger partial charge in [0.25, 0.3) is 0 Å². The SMILES string of the molecule is NC(CC(=O)O)C(=O)N1CCCC1C(=O)NC(CC(=O)O)C(=O)NC(Cc1cnc[nH]1)C(=O)O. The normalized spacial score (nSPS) is 17.9. The predicted molar refractivity (Wildman–Crippen MR) is 111 cm³/mol. The van der Waals surface area contributed by atoms with Crippen molar-refractivity contribution in [2.45, 2.75) is 56.3 Å². The van der Waals surface area contributed by atoms with Gasteiger partial charge in [-0.15, -0.1) is 0 Å². The molecule has 4 unspecified atom stereocenters. The Balaban J connectivity index is 2.10. The second-order valence-corrected chi connectivity index (χ2v) is 7.73. The Kier molecular flexibility index (Phi) is 9.06. The highest BCUT2D eigenvalue weighted by Crippen LogP contribution is 2.19. The molecule has 186 valence electrons. The van der Waals surface area contributed by atoms with Crippen LogP contribution in [0.25, 0.3) is 0 Å². The average Bonchev–Trinajstić information content (AvgIpc) is 3.43. The van der Waals surface area contributed by atoms with Crippen LogP contribution in [0.1, 0.15) is 31.4 Å². The molecule has 0 aliphatic carbocycles. The van der Waals surface area contributed by atoms with Gasteiger partial charge in [-0.3, -0.25) is 24.0 Å². The van der Waals surface area contributed by atoms with Crippen LogP contribution in [0.5, 0.6) is 0 Å². The summed E-state index contributed by atoms with van der Waals surface area (Å²) in [4.78, 5) is 79.1. The quantitative estimate of drug-likeness (QED) is 0.161. The number of carboxylic acid groups (broad SMARTS) is 3. The van der Waals surface area contributed by atoms with Crippen molar-refractivity contribution in [1.82, 2.24) is 25.5 Å². The second kappa shape index (κ2) is 11.7. The molecule has 15 heteroatoms. The Hall–Kier alpha value is -4.01. The van der Waals surface area contributed by atoms with Gasteiger partial charge in [-0.05, 0) is 12.8 Å². The summed E-state index contributed by atoms with van der Waals surface area (Å²) < 4.78 is 0. The number of aromatic nitrogens is 2. The monoisotopic (exact) mass is 482 g/mol. The topological polar surface area (TPSA) is 245 Å². The molecule has 15 nitrogen and oxygen atoms in total. The molecule has 34 heavy (non-hydrogen) atoms. The highest BCUT2D eigenvalue weighted by Gasteiger charge is 2.38. The Labute approximate surface area is 192 Å². The van der Waals surface area contributed by atoms with Gasteiger partial charge in [0.15, 0.2) is 0 Å². The minimum Gasteiger partial charge on any atom is -0.481 e. The molecule has 0 spiro atoms. The molecule has 1 aromatic heterocycles. The van der Waals surface area contributed by atoms with E-state index < -0.39 is 72.6 Å². The van der Waals surface area contributed by atoms with Gasteiger partial charge in [0, 0.05) is 24.9 Å². The molecule has 0 aromatic carbocycles. The summed E-state index contributed by atoms with van der Waals surface area (Å²) in [7, 11) is 0. The highest BCUT2D eigenvalue weighted by molar-refractivity contribution is 5.96. The summed E-state index contributed by atoms with van der Waals surface area (Å²) >= 11 is 0. The minimum atomic E-state index is -1.63. The first kappa shape index (κ1) is 26.2. The van der Waals surface area contributed by atoms with Gasteiger partial charge in [-0.1, -0.05) is 0 Å². The minimum absolute atomic E-state index is 0.130. The predicted octanol–water partition coefficient (Wildman–Crippen LogP) is -2.73. The number of nitrogens with two attached hydrogens (primary N) is 1. The maximum Gasteiger partial charge on any atom is 0.326 e. The maximum absolute atomic E-state index is 12.8. The van der Waals surface area contributed by atoms with Crippen LogP contribution in [0.3, 0.4) is 0 Å². The summed E-state index contributed by atoms with van der Waals surface area (Å²) in [5, 5.41) is 31.9. The van der Waals surface area contributed by atoms with Crippen molar-refractivity contribution in [3.8, 4) is 0 Å². The molecule has 0 saturated carbocycles. The molecule has 1 aromatic rings. The Morgan fingerprint density at radius 3 is 2.32 bits per heavy atom. The lowest BCUT2D eigenvalue weighted by atomic mass is 10.1. The number of carbonyl (C=O) groups is 6. The summed E-state index contributed by atoms with van der Waals surface area (Å²) in [6.45, 7) is 0.130. The standard InChI is InChI=1S/C19H26N6O9/c20-10(5-14(26)27)18(32)25-3-1-2-13(25)17(31)23-11(6-15(28)29)16(30)24-12(19(33)34)4-9-7-21-8-22-9/h7-8,10-13H,1-6,20H2,(H,21,22)(H,23,31)(H,24,30)(H,26,27)(H,28,29)(H,33,34). The van der Waals surface area contributed by atoms with Crippen molar-refractivity contribution in [2.75, 3.05) is 6.54 Å². The molecular weight excluding hydrogens is 456 g/mol. The number of nitrogens with zero attached hydrogens (tertiary/aromatic N) is 2. The second-order valence-electron chi connectivity index (χ2n) is 7.73. The first-order valence-corrected chi connectivity index (χ1v) is 10.3. The van der Waals surface area contributed by atoms with Gasteiger partial charge in [0.2, 0.25) is 17.7 Å². The summed E-state index contributed by atoms with van der Waals surface area (Å²) in [5.74, 6) is -6.74. The smallest absolute Gasteiger partial charge is 0.326 e. The fraction of sp³-hybridized carbons (Fsp3) is 0.526. The van der Waals surface area contributed by atoms with E-state index in [0.717, 1.165) is 4.90 Å². The number of amides is 3. The van der Waals surface area contributed by atoms with Gasteiger partial charge < -0.3 is 41.6 Å². The summed E-state index contributed by atoms with van der Waals surface area (Å²) in [5.41, 5.74) is 6.01. The van der Waals surface area contributed by atoms with E-state index in [0.29, 0.717) is 12.1 Å². The number of rotatable bonds is 12. The van der Waals surface area contributed by atoms with E-state index >= 15 is 0 Å². The van der Waals surface area contributed by atoms with Crippen molar-refractivity contribution in [2.24, 2.45) is 5.73 Å². The van der Waals surface area contributed by atoms with Crippen LogP contribution in [-0.2, 0) is 35.2 Å². The van der Waals surface area contributed by atoms with Crippen molar-refractivity contribution in [1.29, 1.82) is 0 Å². The van der Waals surface area contributed by atoms with Crippen molar-refractivity contribution in [3.63, 3.8) is 0 Å². The number of H-pyrrole nitrogens is 1. The summed E-state index contributed by atoms with van der Waals surface area (Å²) in [6.07, 6.45) is 1.63. The number of hydrogen-bond donors (Lipinski definition) is 7. The van der Waals surface area contributed by atoms with Gasteiger partial charge >= 0.3 is 17.9 Å². The molecule has 1 aliphatic rings. The lowest BCUT2D eigenvalue weighted by molar-refractivity contribution is -0.145. The maximum atomic E-state index is 12.8. The van der Waals surface area contributed by atoms with E-state index in [2.05, 4.69) is 20.6 Å². The molecule has 2 rings (SSSR count). The number of aliphatic carboxylic acids is 3. The van der Waals surface area contributed by atoms with E-state index in [4.69, 9.17) is 15.9 Å². The lowest BCUT2D eigenvalue weighted by Gasteiger charge is -2.28. The Morgan fingerprint density at radius 2 is 1.76 bits per heavy atom. The van der Waals surface area contributed by atoms with Crippen LogP contribution in [0.2, 0.25) is 0 Å². The van der Waals surface area contributed by atoms with Crippen LogP contribution in [0, 0.1) is 0 Å². The summed E-state index contributed by atoms with van der Waals surface area (Å²) in [6, 6.07) is -5.52. The molecule has 1 aliphatic heterocycles. The number of nitrogens with one attached hydrogen (secondary N) is 3. The molecule has 1 saturated heterocycles. The molecule has 2 heterocycles.